The van der Waals surface area contributed by atoms with Crippen molar-refractivity contribution in [2.24, 2.45) is 11.8 Å². The Balaban J connectivity index is 1.98. The van der Waals surface area contributed by atoms with Crippen molar-refractivity contribution in [1.82, 2.24) is 15.0 Å². The van der Waals surface area contributed by atoms with Crippen LogP contribution in [0.3, 0.4) is 0 Å². The lowest BCUT2D eigenvalue weighted by molar-refractivity contribution is 0.178. The molecule has 2 atom stereocenters. The van der Waals surface area contributed by atoms with E-state index < -0.39 is 0 Å². The zero-order valence-electron chi connectivity index (χ0n) is 11.8. The normalized spacial score (nSPS) is 22.1. The van der Waals surface area contributed by atoms with Crippen molar-refractivity contribution in [3.8, 4) is 6.01 Å². The molecule has 5 N–H and O–H groups in total. The lowest BCUT2D eigenvalue weighted by Crippen LogP contribution is -2.18. The molecular weight excluding hydrogens is 260 g/mol. The number of hydrazine groups is 1. The molecule has 0 spiro atoms. The molecule has 0 radical (unpaired) electrons. The van der Waals surface area contributed by atoms with Crippen molar-refractivity contribution in [3.05, 3.63) is 0 Å². The highest BCUT2D eigenvalue weighted by Gasteiger charge is 2.22. The fraction of sp³-hybridized carbons (Fsp3) is 0.750. The molecule has 1 heterocycles. The summed E-state index contributed by atoms with van der Waals surface area (Å²) in [4.78, 5) is 12.3. The van der Waals surface area contributed by atoms with Crippen LogP contribution in [0.4, 0.5) is 11.9 Å². The van der Waals surface area contributed by atoms with Gasteiger partial charge in [-0.2, -0.15) is 15.0 Å². The molecule has 0 saturated heterocycles. The number of hydrogen-bond donors (Lipinski definition) is 4. The molecule has 1 saturated carbocycles. The molecule has 0 aromatic carbocycles. The fourth-order valence-corrected chi connectivity index (χ4v) is 2.23. The number of ether oxygens (including phenoxy) is 1. The Morgan fingerprint density at radius 1 is 1.30 bits per heavy atom. The van der Waals surface area contributed by atoms with E-state index in [1.165, 1.54) is 0 Å². The van der Waals surface area contributed by atoms with E-state index in [0.29, 0.717) is 18.4 Å². The fourth-order valence-electron chi connectivity index (χ4n) is 2.23. The Morgan fingerprint density at radius 3 is 2.65 bits per heavy atom. The lowest BCUT2D eigenvalue weighted by Gasteiger charge is -2.13. The molecular formula is C12H22N6O2. The van der Waals surface area contributed by atoms with Crippen molar-refractivity contribution < 1.29 is 9.84 Å². The first kappa shape index (κ1) is 14.7. The largest absolute Gasteiger partial charge is 0.461 e. The second kappa shape index (κ2) is 6.67. The molecule has 1 fully saturated rings. The quantitative estimate of drug-likeness (QED) is 0.440. The first-order chi connectivity index (χ1) is 9.56. The predicted octanol–water partition coefficient (Wildman–Crippen LogP) is 0.517. The minimum absolute atomic E-state index is 0.0270. The van der Waals surface area contributed by atoms with Crippen LogP contribution in [0.1, 0.15) is 33.1 Å². The van der Waals surface area contributed by atoms with E-state index in [9.17, 15) is 5.11 Å². The molecule has 8 heteroatoms. The van der Waals surface area contributed by atoms with Crippen LogP contribution in [0.2, 0.25) is 0 Å². The summed E-state index contributed by atoms with van der Waals surface area (Å²) >= 11 is 0. The number of aromatic nitrogens is 3. The van der Waals surface area contributed by atoms with Gasteiger partial charge >= 0.3 is 6.01 Å². The Labute approximate surface area is 118 Å². The highest BCUT2D eigenvalue weighted by molar-refractivity contribution is 5.35. The van der Waals surface area contributed by atoms with E-state index >= 15 is 0 Å². The minimum Gasteiger partial charge on any atom is -0.461 e. The maximum atomic E-state index is 9.51. The van der Waals surface area contributed by atoms with Gasteiger partial charge in [0.25, 0.3) is 0 Å². The predicted molar refractivity (Wildman–Crippen MR) is 75.2 cm³/mol. The summed E-state index contributed by atoms with van der Waals surface area (Å²) in [5.74, 6) is 6.45. The topological polar surface area (TPSA) is 118 Å². The molecule has 8 nitrogen and oxygen atoms in total. The number of nitrogens with two attached hydrogens (primary N) is 1. The van der Waals surface area contributed by atoms with Gasteiger partial charge in [0.15, 0.2) is 0 Å². The number of hydrogen-bond acceptors (Lipinski definition) is 8. The van der Waals surface area contributed by atoms with Gasteiger partial charge in [-0.05, 0) is 39.0 Å². The molecule has 1 aliphatic rings. The number of anilines is 2. The lowest BCUT2D eigenvalue weighted by atomic mass is 10.1. The standard InChI is InChI=1S/C12H22N6O2/c1-7(2)20-12-16-10(15-11(17-12)18-13)14-6-8-3-4-9(19)5-8/h7-9,19H,3-6,13H2,1-2H3,(H2,14,15,16,17,18). The van der Waals surface area contributed by atoms with Crippen molar-refractivity contribution >= 4 is 11.9 Å². The highest BCUT2D eigenvalue weighted by Crippen LogP contribution is 2.25. The van der Waals surface area contributed by atoms with E-state index in [1.807, 2.05) is 13.8 Å². The van der Waals surface area contributed by atoms with Crippen LogP contribution in [0.25, 0.3) is 0 Å². The van der Waals surface area contributed by atoms with E-state index in [4.69, 9.17) is 10.6 Å². The number of nitrogens with one attached hydrogen (secondary N) is 2. The van der Waals surface area contributed by atoms with Gasteiger partial charge in [-0.15, -0.1) is 0 Å². The van der Waals surface area contributed by atoms with Gasteiger partial charge in [0.1, 0.15) is 0 Å². The summed E-state index contributed by atoms with van der Waals surface area (Å²) in [6.07, 6.45) is 2.48. The molecule has 1 aromatic rings. The third-order valence-corrected chi connectivity index (χ3v) is 3.15. The molecule has 0 aliphatic heterocycles. The van der Waals surface area contributed by atoms with Crippen LogP contribution >= 0.6 is 0 Å². The summed E-state index contributed by atoms with van der Waals surface area (Å²) in [7, 11) is 0. The van der Waals surface area contributed by atoms with Crippen molar-refractivity contribution in [2.75, 3.05) is 17.3 Å². The van der Waals surface area contributed by atoms with Gasteiger partial charge in [0.05, 0.1) is 12.2 Å². The van der Waals surface area contributed by atoms with Gasteiger partial charge in [-0.1, -0.05) is 0 Å². The average Bonchev–Trinajstić information content (AvgIpc) is 2.81. The first-order valence-corrected chi connectivity index (χ1v) is 6.88. The van der Waals surface area contributed by atoms with Crippen LogP contribution in [-0.2, 0) is 0 Å². The Bertz CT molecular complexity index is 442. The Morgan fingerprint density at radius 2 is 2.05 bits per heavy atom. The molecule has 112 valence electrons. The third-order valence-electron chi connectivity index (χ3n) is 3.15. The van der Waals surface area contributed by atoms with Crippen molar-refractivity contribution in [1.29, 1.82) is 0 Å². The maximum Gasteiger partial charge on any atom is 0.323 e. The SMILES string of the molecule is CC(C)Oc1nc(NN)nc(NCC2CCC(O)C2)n1. The van der Waals surface area contributed by atoms with E-state index in [1.54, 1.807) is 0 Å². The summed E-state index contributed by atoms with van der Waals surface area (Å²) in [5, 5.41) is 12.7. The monoisotopic (exact) mass is 282 g/mol. The summed E-state index contributed by atoms with van der Waals surface area (Å²) in [6.45, 7) is 4.50. The van der Waals surface area contributed by atoms with Gasteiger partial charge in [-0.25, -0.2) is 5.84 Å². The first-order valence-electron chi connectivity index (χ1n) is 6.88. The minimum atomic E-state index is -0.179. The van der Waals surface area contributed by atoms with Gasteiger partial charge in [-0.3, -0.25) is 5.43 Å². The highest BCUT2D eigenvalue weighted by atomic mass is 16.5. The molecule has 2 unspecified atom stereocenters. The summed E-state index contributed by atoms with van der Waals surface area (Å²) < 4.78 is 5.45. The number of nitrogen functional groups attached to an aromatic ring is 1. The maximum absolute atomic E-state index is 9.51. The number of aliphatic hydroxyl groups is 1. The average molecular weight is 282 g/mol. The number of aliphatic hydroxyl groups excluding tert-OH is 1. The molecule has 0 amide bonds. The number of rotatable bonds is 6. The van der Waals surface area contributed by atoms with Gasteiger partial charge in [0, 0.05) is 6.54 Å². The molecule has 20 heavy (non-hydrogen) atoms. The van der Waals surface area contributed by atoms with Crippen molar-refractivity contribution in [3.63, 3.8) is 0 Å². The van der Waals surface area contributed by atoms with Crippen molar-refractivity contribution in [2.45, 2.75) is 45.3 Å². The van der Waals surface area contributed by atoms with Crippen LogP contribution in [0.5, 0.6) is 6.01 Å². The molecule has 1 aliphatic carbocycles. The smallest absolute Gasteiger partial charge is 0.323 e. The van der Waals surface area contributed by atoms with E-state index in [0.717, 1.165) is 19.3 Å². The summed E-state index contributed by atoms with van der Waals surface area (Å²) in [6, 6.07) is 0.233. The molecule has 0 bridgehead atoms. The van der Waals surface area contributed by atoms with Crippen LogP contribution < -0.4 is 21.3 Å². The molecule has 2 rings (SSSR count). The second-order valence-electron chi connectivity index (χ2n) is 5.29. The van der Waals surface area contributed by atoms with Crippen LogP contribution in [0.15, 0.2) is 0 Å². The third kappa shape index (κ3) is 4.17. The summed E-state index contributed by atoms with van der Waals surface area (Å²) in [5.41, 5.74) is 2.39. The van der Waals surface area contributed by atoms with Crippen LogP contribution in [0, 0.1) is 5.92 Å². The second-order valence-corrected chi connectivity index (χ2v) is 5.29. The zero-order valence-corrected chi connectivity index (χ0v) is 11.8. The Kier molecular flexibility index (Phi) is 4.91. The van der Waals surface area contributed by atoms with E-state index in [-0.39, 0.29) is 24.2 Å². The van der Waals surface area contributed by atoms with Crippen LogP contribution in [-0.4, -0.2) is 38.8 Å². The zero-order chi connectivity index (χ0) is 14.5. The van der Waals surface area contributed by atoms with Gasteiger partial charge in [0.2, 0.25) is 11.9 Å². The van der Waals surface area contributed by atoms with Gasteiger partial charge < -0.3 is 15.2 Å². The number of nitrogens with zero attached hydrogens (tertiary/aromatic N) is 3. The van der Waals surface area contributed by atoms with E-state index in [2.05, 4.69) is 25.7 Å². The Hall–Kier alpha value is -1.67. The molecule has 1 aromatic heterocycles.